The van der Waals surface area contributed by atoms with Crippen LogP contribution in [0.3, 0.4) is 0 Å². The topological polar surface area (TPSA) is 9.23 Å². The van der Waals surface area contributed by atoms with Crippen molar-refractivity contribution in [2.24, 2.45) is 0 Å². The van der Waals surface area contributed by atoms with Gasteiger partial charge in [-0.15, -0.1) is 17.3 Å². The SMILES string of the molecule is CC(C)OCC=C=CCCl. The van der Waals surface area contributed by atoms with E-state index in [0.717, 1.165) is 0 Å². The Hall–Kier alpha value is -0.230. The molecule has 0 aliphatic carbocycles. The van der Waals surface area contributed by atoms with Gasteiger partial charge in [0, 0.05) is 5.88 Å². The van der Waals surface area contributed by atoms with E-state index in [1.54, 1.807) is 6.08 Å². The third kappa shape index (κ3) is 7.77. The predicted octanol–water partition coefficient (Wildman–Crippen LogP) is 2.36. The van der Waals surface area contributed by atoms with Gasteiger partial charge in [0.05, 0.1) is 12.7 Å². The van der Waals surface area contributed by atoms with Gasteiger partial charge in [0.1, 0.15) is 0 Å². The fraction of sp³-hybridized carbons (Fsp3) is 0.625. The minimum Gasteiger partial charge on any atom is -0.374 e. The third-order valence-corrected chi connectivity index (χ3v) is 0.980. The van der Waals surface area contributed by atoms with Crippen LogP contribution in [0.15, 0.2) is 17.9 Å². The first kappa shape index (κ1) is 9.77. The van der Waals surface area contributed by atoms with E-state index in [1.165, 1.54) is 0 Å². The maximum atomic E-state index is 5.36. The molecule has 0 aromatic carbocycles. The number of hydrogen-bond acceptors (Lipinski definition) is 1. The van der Waals surface area contributed by atoms with Crippen molar-refractivity contribution in [3.8, 4) is 0 Å². The zero-order chi connectivity index (χ0) is 7.82. The van der Waals surface area contributed by atoms with Gasteiger partial charge in [-0.2, -0.15) is 0 Å². The zero-order valence-electron chi connectivity index (χ0n) is 6.43. The second kappa shape index (κ2) is 6.88. The molecule has 0 fully saturated rings. The fourth-order valence-corrected chi connectivity index (χ4v) is 0.506. The molecule has 0 atom stereocenters. The molecular weight excluding hydrogens is 148 g/mol. The van der Waals surface area contributed by atoms with E-state index in [1.807, 2.05) is 19.9 Å². The van der Waals surface area contributed by atoms with Gasteiger partial charge in [-0.3, -0.25) is 0 Å². The van der Waals surface area contributed by atoms with E-state index >= 15 is 0 Å². The van der Waals surface area contributed by atoms with Crippen LogP contribution in [0.4, 0.5) is 0 Å². The largest absolute Gasteiger partial charge is 0.374 e. The molecule has 0 unspecified atom stereocenters. The number of halogens is 1. The van der Waals surface area contributed by atoms with Crippen LogP contribution in [-0.2, 0) is 4.74 Å². The lowest BCUT2D eigenvalue weighted by Gasteiger charge is -2.01. The highest BCUT2D eigenvalue weighted by molar-refractivity contribution is 6.18. The van der Waals surface area contributed by atoms with Crippen molar-refractivity contribution in [1.82, 2.24) is 0 Å². The van der Waals surface area contributed by atoms with Crippen LogP contribution in [0.25, 0.3) is 0 Å². The van der Waals surface area contributed by atoms with Crippen LogP contribution >= 0.6 is 11.6 Å². The first-order valence-electron chi connectivity index (χ1n) is 3.34. The minimum atomic E-state index is 0.286. The van der Waals surface area contributed by atoms with Crippen molar-refractivity contribution in [1.29, 1.82) is 0 Å². The van der Waals surface area contributed by atoms with Gasteiger partial charge in [0.2, 0.25) is 0 Å². The minimum absolute atomic E-state index is 0.286. The fourth-order valence-electron chi connectivity index (χ4n) is 0.417. The lowest BCUT2D eigenvalue weighted by molar-refractivity contribution is 0.103. The number of hydrogen-bond donors (Lipinski definition) is 0. The number of rotatable bonds is 4. The average Bonchev–Trinajstić information content (AvgIpc) is 1.87. The Morgan fingerprint density at radius 2 is 2.20 bits per heavy atom. The van der Waals surface area contributed by atoms with E-state index in [-0.39, 0.29) is 6.10 Å². The molecule has 0 aliphatic heterocycles. The molecule has 0 radical (unpaired) electrons. The average molecular weight is 161 g/mol. The van der Waals surface area contributed by atoms with Crippen molar-refractivity contribution < 1.29 is 4.74 Å². The molecule has 0 rings (SSSR count). The van der Waals surface area contributed by atoms with Crippen molar-refractivity contribution in [3.05, 3.63) is 17.9 Å². The summed E-state index contributed by atoms with van der Waals surface area (Å²) in [7, 11) is 0. The first-order valence-corrected chi connectivity index (χ1v) is 3.87. The molecule has 2 heteroatoms. The first-order chi connectivity index (χ1) is 4.77. The molecule has 0 N–H and O–H groups in total. The molecule has 0 spiro atoms. The standard InChI is InChI=1S/C8H13ClO/c1-8(2)10-7-5-3-4-6-9/h4-5,8H,6-7H2,1-2H3. The zero-order valence-corrected chi connectivity index (χ0v) is 7.19. The summed E-state index contributed by atoms with van der Waals surface area (Å²) in [5, 5.41) is 0. The second-order valence-electron chi connectivity index (χ2n) is 2.11. The van der Waals surface area contributed by atoms with E-state index < -0.39 is 0 Å². The molecule has 0 amide bonds. The maximum Gasteiger partial charge on any atom is 0.0724 e. The molecule has 58 valence electrons. The lowest BCUT2D eigenvalue weighted by Crippen LogP contribution is -2.00. The monoisotopic (exact) mass is 160 g/mol. The summed E-state index contributed by atoms with van der Waals surface area (Å²) in [4.78, 5) is 0. The molecule has 0 heterocycles. The normalized spacial score (nSPS) is 9.20. The Kier molecular flexibility index (Phi) is 6.73. The Morgan fingerprint density at radius 1 is 1.50 bits per heavy atom. The van der Waals surface area contributed by atoms with Gasteiger partial charge in [0.25, 0.3) is 0 Å². The maximum absolute atomic E-state index is 5.36. The summed E-state index contributed by atoms with van der Waals surface area (Å²) in [6, 6.07) is 0. The van der Waals surface area contributed by atoms with Gasteiger partial charge in [-0.05, 0) is 26.0 Å². The van der Waals surface area contributed by atoms with E-state index in [0.29, 0.717) is 12.5 Å². The summed E-state index contributed by atoms with van der Waals surface area (Å²) in [5.74, 6) is 0.512. The molecule has 0 aromatic heterocycles. The summed E-state index contributed by atoms with van der Waals surface area (Å²) in [6.45, 7) is 4.61. The van der Waals surface area contributed by atoms with Crippen LogP contribution in [0.2, 0.25) is 0 Å². The smallest absolute Gasteiger partial charge is 0.0724 e. The lowest BCUT2D eigenvalue weighted by atomic mass is 10.5. The summed E-state index contributed by atoms with van der Waals surface area (Å²) >= 11 is 5.36. The van der Waals surface area contributed by atoms with Crippen LogP contribution < -0.4 is 0 Å². The van der Waals surface area contributed by atoms with Crippen LogP contribution in [0, 0.1) is 0 Å². The van der Waals surface area contributed by atoms with E-state index in [2.05, 4.69) is 5.73 Å². The Bertz CT molecular complexity index is 123. The highest BCUT2D eigenvalue weighted by Gasteiger charge is 1.86. The van der Waals surface area contributed by atoms with E-state index in [9.17, 15) is 0 Å². The highest BCUT2D eigenvalue weighted by atomic mass is 35.5. The van der Waals surface area contributed by atoms with Crippen LogP contribution in [0.1, 0.15) is 13.8 Å². The van der Waals surface area contributed by atoms with Gasteiger partial charge in [0.15, 0.2) is 0 Å². The van der Waals surface area contributed by atoms with Crippen LogP contribution in [0.5, 0.6) is 0 Å². The third-order valence-electron chi connectivity index (χ3n) is 0.826. The van der Waals surface area contributed by atoms with Crippen molar-refractivity contribution >= 4 is 11.6 Å². The molecule has 0 aliphatic rings. The molecule has 0 saturated heterocycles. The Balaban J connectivity index is 3.26. The Labute approximate surface area is 67.3 Å². The molecule has 0 saturated carbocycles. The van der Waals surface area contributed by atoms with E-state index in [4.69, 9.17) is 16.3 Å². The van der Waals surface area contributed by atoms with Gasteiger partial charge >= 0.3 is 0 Å². The van der Waals surface area contributed by atoms with Crippen molar-refractivity contribution in [2.75, 3.05) is 12.5 Å². The molecule has 0 bridgehead atoms. The molecule has 10 heavy (non-hydrogen) atoms. The summed E-state index contributed by atoms with van der Waals surface area (Å²) in [6.07, 6.45) is 3.86. The van der Waals surface area contributed by atoms with Gasteiger partial charge < -0.3 is 4.74 Å². The molecule has 1 nitrogen and oxygen atoms in total. The molecule has 0 aromatic rings. The van der Waals surface area contributed by atoms with Gasteiger partial charge in [-0.1, -0.05) is 0 Å². The molecular formula is C8H13ClO. The predicted molar refractivity (Wildman–Crippen MR) is 44.5 cm³/mol. The van der Waals surface area contributed by atoms with Crippen molar-refractivity contribution in [2.45, 2.75) is 20.0 Å². The number of alkyl halides is 1. The van der Waals surface area contributed by atoms with Gasteiger partial charge in [-0.25, -0.2) is 0 Å². The van der Waals surface area contributed by atoms with Crippen molar-refractivity contribution in [3.63, 3.8) is 0 Å². The highest BCUT2D eigenvalue weighted by Crippen LogP contribution is 1.86. The summed E-state index contributed by atoms with van der Waals surface area (Å²) in [5.41, 5.74) is 2.88. The number of ether oxygens (including phenoxy) is 1. The Morgan fingerprint density at radius 3 is 2.70 bits per heavy atom. The quantitative estimate of drug-likeness (QED) is 0.453. The second-order valence-corrected chi connectivity index (χ2v) is 2.42. The summed E-state index contributed by atoms with van der Waals surface area (Å²) < 4.78 is 5.21. The van der Waals surface area contributed by atoms with Crippen LogP contribution in [-0.4, -0.2) is 18.6 Å².